The summed E-state index contributed by atoms with van der Waals surface area (Å²) in [5, 5.41) is 15.8. The number of nitrogens with one attached hydrogen (secondary N) is 1. The first-order chi connectivity index (χ1) is 13.2. The SMILES string of the molecule is C=Nn1ccnc1/C=C\CCNc1nc(C(C=NCCO)=CN)cnc1N. The number of allylic oxidation sites excluding steroid dienone is 1. The average molecular weight is 369 g/mol. The van der Waals surface area contributed by atoms with E-state index in [1.807, 2.05) is 12.2 Å². The molecule has 0 saturated heterocycles. The number of aromatic nitrogens is 4. The van der Waals surface area contributed by atoms with Gasteiger partial charge >= 0.3 is 0 Å². The van der Waals surface area contributed by atoms with Gasteiger partial charge < -0.3 is 21.9 Å². The Bertz CT molecular complexity index is 839. The van der Waals surface area contributed by atoms with Crippen molar-refractivity contribution < 1.29 is 5.11 Å². The smallest absolute Gasteiger partial charge is 0.169 e. The first kappa shape index (κ1) is 19.8. The lowest BCUT2D eigenvalue weighted by Gasteiger charge is -2.09. The summed E-state index contributed by atoms with van der Waals surface area (Å²) in [5.41, 5.74) is 12.6. The molecular formula is C17H23N9O. The van der Waals surface area contributed by atoms with Gasteiger partial charge in [-0.2, -0.15) is 5.10 Å². The average Bonchev–Trinajstić information content (AvgIpc) is 3.14. The predicted molar refractivity (Wildman–Crippen MR) is 108 cm³/mol. The van der Waals surface area contributed by atoms with Crippen LogP contribution in [-0.4, -0.2) is 57.4 Å². The summed E-state index contributed by atoms with van der Waals surface area (Å²) < 4.78 is 1.58. The maximum Gasteiger partial charge on any atom is 0.169 e. The molecule has 2 aromatic heterocycles. The van der Waals surface area contributed by atoms with Crippen LogP contribution in [0.25, 0.3) is 11.6 Å². The summed E-state index contributed by atoms with van der Waals surface area (Å²) in [6.07, 6.45) is 12.3. The minimum absolute atomic E-state index is 0.0365. The van der Waals surface area contributed by atoms with Crippen LogP contribution in [0.3, 0.4) is 0 Å². The van der Waals surface area contributed by atoms with E-state index in [1.54, 1.807) is 23.3 Å². The zero-order valence-corrected chi connectivity index (χ0v) is 14.9. The molecule has 0 aliphatic heterocycles. The zero-order valence-electron chi connectivity index (χ0n) is 14.9. The van der Waals surface area contributed by atoms with E-state index in [0.717, 1.165) is 0 Å². The Hall–Kier alpha value is -3.53. The second-order valence-electron chi connectivity index (χ2n) is 5.26. The number of rotatable bonds is 10. The van der Waals surface area contributed by atoms with Crippen molar-refractivity contribution in [3.63, 3.8) is 0 Å². The number of aliphatic hydroxyl groups is 1. The molecule has 0 spiro atoms. The molecule has 0 unspecified atom stereocenters. The fraction of sp³-hybridized carbons (Fsp3) is 0.235. The van der Waals surface area contributed by atoms with Gasteiger partial charge in [0, 0.05) is 43.6 Å². The number of anilines is 2. The van der Waals surface area contributed by atoms with Crippen LogP contribution in [0.2, 0.25) is 0 Å². The van der Waals surface area contributed by atoms with Gasteiger partial charge in [-0.3, -0.25) is 4.99 Å². The lowest BCUT2D eigenvalue weighted by Crippen LogP contribution is -2.09. The number of hydrogen-bond donors (Lipinski definition) is 4. The zero-order chi connectivity index (χ0) is 19.5. The standard InChI is InChI=1S/C17H23N9O/c1-20-26-8-6-22-15(26)4-2-3-5-23-17-16(19)24-12-14(25-17)13(10-18)11-21-7-9-27/h2,4,6,8,10-12,27H,1,3,5,7,9,18H2,(H2,19,24)(H,23,25)/b4-2-,13-10?,21-11?. The number of imidazole rings is 1. The largest absolute Gasteiger partial charge is 0.404 e. The molecule has 0 amide bonds. The molecule has 0 aromatic carbocycles. The van der Waals surface area contributed by atoms with Crippen molar-refractivity contribution in [3.05, 3.63) is 42.4 Å². The molecule has 0 aliphatic rings. The highest BCUT2D eigenvalue weighted by Gasteiger charge is 2.07. The summed E-state index contributed by atoms with van der Waals surface area (Å²) in [6, 6.07) is 0. The Labute approximate surface area is 157 Å². The van der Waals surface area contributed by atoms with Gasteiger partial charge in [-0.15, -0.1) is 0 Å². The highest BCUT2D eigenvalue weighted by molar-refractivity contribution is 6.08. The van der Waals surface area contributed by atoms with Crippen LogP contribution in [0.1, 0.15) is 17.9 Å². The molecule has 0 atom stereocenters. The van der Waals surface area contributed by atoms with Crippen molar-refractivity contribution in [1.29, 1.82) is 0 Å². The molecule has 0 aliphatic carbocycles. The number of hydrogen-bond acceptors (Lipinski definition) is 9. The molecule has 2 heterocycles. The number of aliphatic hydroxyl groups excluding tert-OH is 1. The van der Waals surface area contributed by atoms with Gasteiger partial charge in [0.1, 0.15) is 0 Å². The van der Waals surface area contributed by atoms with Gasteiger partial charge in [0.25, 0.3) is 0 Å². The number of nitrogens with two attached hydrogens (primary N) is 2. The van der Waals surface area contributed by atoms with Crippen LogP contribution in [0.4, 0.5) is 11.6 Å². The Morgan fingerprint density at radius 3 is 3.00 bits per heavy atom. The first-order valence-corrected chi connectivity index (χ1v) is 8.25. The van der Waals surface area contributed by atoms with Gasteiger partial charge in [0.05, 0.1) is 25.0 Å². The lowest BCUT2D eigenvalue weighted by atomic mass is 10.2. The van der Waals surface area contributed by atoms with Crippen LogP contribution >= 0.6 is 0 Å². The summed E-state index contributed by atoms with van der Waals surface area (Å²) in [6.45, 7) is 4.32. The van der Waals surface area contributed by atoms with E-state index < -0.39 is 0 Å². The second-order valence-corrected chi connectivity index (χ2v) is 5.26. The van der Waals surface area contributed by atoms with Crippen LogP contribution in [-0.2, 0) is 0 Å². The summed E-state index contributed by atoms with van der Waals surface area (Å²) >= 11 is 0. The summed E-state index contributed by atoms with van der Waals surface area (Å²) in [4.78, 5) is 16.8. The Morgan fingerprint density at radius 2 is 2.26 bits per heavy atom. The molecule has 10 heteroatoms. The van der Waals surface area contributed by atoms with Crippen LogP contribution in [0, 0.1) is 0 Å². The normalized spacial score (nSPS) is 12.1. The molecule has 10 nitrogen and oxygen atoms in total. The van der Waals surface area contributed by atoms with Crippen molar-refractivity contribution in [2.24, 2.45) is 15.8 Å². The molecule has 27 heavy (non-hydrogen) atoms. The highest BCUT2D eigenvalue weighted by atomic mass is 16.3. The Morgan fingerprint density at radius 1 is 1.41 bits per heavy atom. The van der Waals surface area contributed by atoms with Gasteiger partial charge in [-0.1, -0.05) is 6.08 Å². The summed E-state index contributed by atoms with van der Waals surface area (Å²) in [5.74, 6) is 1.45. The van der Waals surface area contributed by atoms with E-state index in [-0.39, 0.29) is 19.0 Å². The molecule has 0 fully saturated rings. The number of nitrogen functional groups attached to an aromatic ring is 1. The Balaban J connectivity index is 1.97. The minimum Gasteiger partial charge on any atom is -0.404 e. The van der Waals surface area contributed by atoms with E-state index in [4.69, 9.17) is 16.6 Å². The van der Waals surface area contributed by atoms with Gasteiger partial charge in [0.15, 0.2) is 17.5 Å². The van der Waals surface area contributed by atoms with Crippen molar-refractivity contribution in [2.75, 3.05) is 30.7 Å². The molecule has 0 radical (unpaired) electrons. The third-order valence-electron chi connectivity index (χ3n) is 3.41. The van der Waals surface area contributed by atoms with Crippen molar-refractivity contribution >= 4 is 36.2 Å². The Kier molecular flexibility index (Phi) is 7.67. The van der Waals surface area contributed by atoms with Gasteiger partial charge in [-0.05, 0) is 12.5 Å². The highest BCUT2D eigenvalue weighted by Crippen LogP contribution is 2.16. The van der Waals surface area contributed by atoms with E-state index >= 15 is 0 Å². The quantitative estimate of drug-likeness (QED) is 0.353. The minimum atomic E-state index is -0.0365. The molecule has 2 aromatic rings. The van der Waals surface area contributed by atoms with Gasteiger partial charge in [-0.25, -0.2) is 19.6 Å². The van der Waals surface area contributed by atoms with E-state index in [1.165, 1.54) is 12.4 Å². The van der Waals surface area contributed by atoms with Crippen molar-refractivity contribution in [1.82, 2.24) is 19.6 Å². The lowest BCUT2D eigenvalue weighted by molar-refractivity contribution is 0.307. The number of nitrogens with zero attached hydrogens (tertiary/aromatic N) is 6. The molecule has 6 N–H and O–H groups in total. The maximum atomic E-state index is 8.80. The van der Waals surface area contributed by atoms with E-state index in [0.29, 0.717) is 35.9 Å². The fourth-order valence-electron chi connectivity index (χ4n) is 2.09. The van der Waals surface area contributed by atoms with E-state index in [2.05, 4.69) is 37.1 Å². The molecular weight excluding hydrogens is 346 g/mol. The molecule has 0 saturated carbocycles. The molecule has 2 rings (SSSR count). The fourth-order valence-corrected chi connectivity index (χ4v) is 2.09. The monoisotopic (exact) mass is 369 g/mol. The van der Waals surface area contributed by atoms with Crippen LogP contribution in [0.5, 0.6) is 0 Å². The third kappa shape index (κ3) is 5.75. The maximum absolute atomic E-state index is 8.80. The van der Waals surface area contributed by atoms with E-state index in [9.17, 15) is 0 Å². The van der Waals surface area contributed by atoms with Crippen LogP contribution < -0.4 is 16.8 Å². The second kappa shape index (κ2) is 10.5. The van der Waals surface area contributed by atoms with Gasteiger partial charge in [0.2, 0.25) is 0 Å². The summed E-state index contributed by atoms with van der Waals surface area (Å²) in [7, 11) is 0. The third-order valence-corrected chi connectivity index (χ3v) is 3.41. The topological polar surface area (TPSA) is 153 Å². The van der Waals surface area contributed by atoms with Crippen molar-refractivity contribution in [2.45, 2.75) is 6.42 Å². The molecule has 142 valence electrons. The number of aliphatic imine (C=N–C) groups is 1. The van der Waals surface area contributed by atoms with Crippen LogP contribution in [0.15, 0.2) is 41.0 Å². The first-order valence-electron chi connectivity index (χ1n) is 8.25. The predicted octanol–water partition coefficient (Wildman–Crippen LogP) is 0.597. The molecule has 0 bridgehead atoms. The van der Waals surface area contributed by atoms with Crippen molar-refractivity contribution in [3.8, 4) is 0 Å².